The third kappa shape index (κ3) is 8.14. The first-order chi connectivity index (χ1) is 22.7. The molecule has 0 aromatic rings. The van der Waals surface area contributed by atoms with Crippen LogP contribution in [0.15, 0.2) is 12.2 Å². The van der Waals surface area contributed by atoms with Crippen LogP contribution in [0.5, 0.6) is 0 Å². The first-order valence-electron chi connectivity index (χ1n) is 16.7. The zero-order valence-corrected chi connectivity index (χ0v) is 27.7. The highest BCUT2D eigenvalue weighted by molar-refractivity contribution is 6.21. The Labute approximate surface area is 281 Å². The minimum Gasteiger partial charge on any atom is -0.389 e. The van der Waals surface area contributed by atoms with Crippen molar-refractivity contribution in [1.29, 1.82) is 0 Å². The fraction of sp³-hybridized carbons (Fsp3) is 0.833. The molecule has 18 heteroatoms. The van der Waals surface area contributed by atoms with Crippen LogP contribution in [0, 0.1) is 5.92 Å². The molecule has 5 rings (SSSR count). The average Bonchev–Trinajstić information content (AvgIpc) is 3.03. The average molecular weight is 713 g/mol. The van der Waals surface area contributed by atoms with Crippen molar-refractivity contribution in [3.8, 4) is 0 Å². The molecule has 6 N–H and O–H groups in total. The molecule has 4 aliphatic heterocycles. The molecule has 0 aromatic heterocycles. The lowest BCUT2D eigenvalue weighted by Crippen LogP contribution is -2.79. The first-order valence-corrected chi connectivity index (χ1v) is 17.1. The number of likely N-dealkylation sites (tertiary alicyclic amines) is 1. The first kappa shape index (κ1) is 37.3. The van der Waals surface area contributed by atoms with Crippen LogP contribution >= 0.6 is 11.6 Å². The molecule has 0 aromatic carbocycles. The van der Waals surface area contributed by atoms with E-state index in [2.05, 4.69) is 26.6 Å². The van der Waals surface area contributed by atoms with Gasteiger partial charge in [-0.05, 0) is 38.7 Å². The van der Waals surface area contributed by atoms with E-state index in [0.29, 0.717) is 39.3 Å². The van der Waals surface area contributed by atoms with E-state index in [-0.39, 0.29) is 50.1 Å². The maximum absolute atomic E-state index is 14.2. The van der Waals surface area contributed by atoms with Crippen LogP contribution in [0.1, 0.15) is 39.5 Å². The Hall–Kier alpha value is -1.99. The number of piperidine rings is 1. The third-order valence-electron chi connectivity index (χ3n) is 10.5. The Kier molecular flexibility index (Phi) is 12.0. The monoisotopic (exact) mass is 712 g/mol. The largest absolute Gasteiger partial charge is 0.391 e. The van der Waals surface area contributed by atoms with Gasteiger partial charge in [-0.15, -0.1) is 11.6 Å². The lowest BCUT2D eigenvalue weighted by molar-refractivity contribution is -0.182. The number of nitrogens with zero attached hydrogens (tertiary/aromatic N) is 3. The quantitative estimate of drug-likeness (QED) is 0.157. The van der Waals surface area contributed by atoms with Crippen molar-refractivity contribution >= 4 is 29.2 Å². The number of amides is 2. The molecule has 12 nitrogen and oxygen atoms in total. The summed E-state index contributed by atoms with van der Waals surface area (Å²) >= 11 is 6.32. The van der Waals surface area contributed by atoms with Gasteiger partial charge in [0.2, 0.25) is 11.8 Å². The molecular weight excluding hydrogens is 667 g/mol. The lowest BCUT2D eigenvalue weighted by Gasteiger charge is -2.55. The van der Waals surface area contributed by atoms with Crippen LogP contribution in [0.25, 0.3) is 0 Å². The highest BCUT2D eigenvalue weighted by Gasteiger charge is 2.53. The van der Waals surface area contributed by atoms with E-state index in [0.717, 1.165) is 6.08 Å². The van der Waals surface area contributed by atoms with Gasteiger partial charge < -0.3 is 15.3 Å². The second-order valence-corrected chi connectivity index (χ2v) is 14.1. The van der Waals surface area contributed by atoms with Gasteiger partial charge in [-0.25, -0.2) is 0 Å². The van der Waals surface area contributed by atoms with Crippen molar-refractivity contribution in [3.63, 3.8) is 0 Å². The molecule has 5 aliphatic rings. The second-order valence-electron chi connectivity index (χ2n) is 13.5. The van der Waals surface area contributed by atoms with Gasteiger partial charge in [-0.3, -0.25) is 45.5 Å². The molecule has 4 heterocycles. The van der Waals surface area contributed by atoms with Gasteiger partial charge in [0.15, 0.2) is 5.78 Å². The molecule has 1 saturated carbocycles. The fourth-order valence-corrected chi connectivity index (χ4v) is 8.32. The molecule has 11 unspecified atom stereocenters. The fourth-order valence-electron chi connectivity index (χ4n) is 7.91. The highest BCUT2D eigenvalue weighted by Crippen LogP contribution is 2.39. The van der Waals surface area contributed by atoms with Crippen LogP contribution in [0.2, 0.25) is 0 Å². The molecule has 5 fully saturated rings. The number of fused-ring (bicyclic) bond motifs is 1. The number of carbonyl (C=O) groups excluding carboxylic acids is 3. The lowest BCUT2D eigenvalue weighted by atomic mass is 9.84. The smallest absolute Gasteiger partial charge is 0.389 e. The number of piperazine rings is 2. The molecule has 4 saturated heterocycles. The molecule has 48 heavy (non-hydrogen) atoms. The van der Waals surface area contributed by atoms with E-state index in [9.17, 15) is 41.4 Å². The van der Waals surface area contributed by atoms with Crippen LogP contribution in [-0.4, -0.2) is 149 Å². The third-order valence-corrected chi connectivity index (χ3v) is 11.0. The van der Waals surface area contributed by atoms with Gasteiger partial charge in [-0.1, -0.05) is 6.92 Å². The summed E-state index contributed by atoms with van der Waals surface area (Å²) in [5.74, 6) is -2.44. The summed E-state index contributed by atoms with van der Waals surface area (Å²) in [4.78, 5) is 46.4. The number of aliphatic hydroxyl groups is 1. The number of Topliss-reactive ketones (excluding diaryl/α,β-unsaturated/α-hetero) is 1. The zero-order chi connectivity index (χ0) is 34.9. The van der Waals surface area contributed by atoms with Crippen molar-refractivity contribution in [3.05, 3.63) is 12.2 Å². The van der Waals surface area contributed by atoms with Gasteiger partial charge in [0.1, 0.15) is 6.04 Å². The van der Waals surface area contributed by atoms with E-state index < -0.39 is 78.0 Å². The predicted molar refractivity (Wildman–Crippen MR) is 166 cm³/mol. The van der Waals surface area contributed by atoms with Gasteiger partial charge >= 0.3 is 6.18 Å². The van der Waals surface area contributed by atoms with Crippen molar-refractivity contribution in [1.82, 2.24) is 41.3 Å². The maximum atomic E-state index is 14.2. The summed E-state index contributed by atoms with van der Waals surface area (Å²) in [7, 11) is 0. The second kappa shape index (κ2) is 15.5. The number of hydrogen-bond donors (Lipinski definition) is 6. The topological polar surface area (TPSA) is 141 Å². The van der Waals surface area contributed by atoms with Crippen LogP contribution in [0.4, 0.5) is 22.0 Å². The summed E-state index contributed by atoms with van der Waals surface area (Å²) in [6.07, 6.45) is -7.06. The molecule has 272 valence electrons. The highest BCUT2D eigenvalue weighted by atomic mass is 35.5. The van der Waals surface area contributed by atoms with Crippen molar-refractivity contribution in [2.75, 3.05) is 45.9 Å². The Morgan fingerprint density at radius 1 is 1.10 bits per heavy atom. The number of ketones is 1. The molecule has 1 aliphatic carbocycles. The number of rotatable bonds is 7. The van der Waals surface area contributed by atoms with Crippen LogP contribution in [-0.2, 0) is 14.4 Å². The Morgan fingerprint density at radius 2 is 1.81 bits per heavy atom. The SMILES string of the molecule is CCC1C(N2CCN(C(=O)C3NCNC(C)C3O)CC2)C(=O)C2NC(C=C(F)F)CNC2N1CC(=O)NC1CCC(C(F)(F)F)CC1Cl. The summed E-state index contributed by atoms with van der Waals surface area (Å²) in [5, 5.41) is 24.8. The van der Waals surface area contributed by atoms with E-state index in [1.165, 1.54) is 0 Å². The van der Waals surface area contributed by atoms with E-state index in [1.807, 2.05) is 16.7 Å². The molecule has 0 spiro atoms. The maximum Gasteiger partial charge on any atom is 0.391 e. The summed E-state index contributed by atoms with van der Waals surface area (Å²) < 4.78 is 66.2. The molecule has 2 amide bonds. The van der Waals surface area contributed by atoms with Gasteiger partial charge in [0, 0.05) is 63.6 Å². The van der Waals surface area contributed by atoms with Crippen molar-refractivity contribution in [2.24, 2.45) is 5.92 Å². The number of carbonyl (C=O) groups is 3. The number of halogens is 6. The van der Waals surface area contributed by atoms with Crippen molar-refractivity contribution in [2.45, 2.75) is 106 Å². The number of nitrogens with one attached hydrogen (secondary N) is 5. The minimum atomic E-state index is -4.36. The standard InChI is InChI=1S/C30H46ClF5N8O4/c1-3-20-25(42-6-8-43(9-7-42)29(48)24-26(46)15(2)38-14-39-24)27(47)23-28(37-12-17(40-23)11-21(32)33)44(20)13-22(45)41-19-5-4-16(10-18(19)31)30(34,35)36/h11,15-20,23-26,28,37-40,46H,3-10,12-14H2,1-2H3,(H,41,45). The van der Waals surface area contributed by atoms with E-state index >= 15 is 0 Å². The Balaban J connectivity index is 1.30. The van der Waals surface area contributed by atoms with Crippen LogP contribution in [0.3, 0.4) is 0 Å². The van der Waals surface area contributed by atoms with E-state index in [1.54, 1.807) is 11.8 Å². The summed E-state index contributed by atoms with van der Waals surface area (Å²) in [5.41, 5.74) is 0. The number of aliphatic hydroxyl groups excluding tert-OH is 1. The Bertz CT molecular complexity index is 1210. The van der Waals surface area contributed by atoms with E-state index in [4.69, 9.17) is 11.6 Å². The summed E-state index contributed by atoms with van der Waals surface area (Å²) in [6.45, 7) is 5.18. The molecule has 0 radical (unpaired) electrons. The van der Waals surface area contributed by atoms with Gasteiger partial charge in [0.05, 0.1) is 42.2 Å². The summed E-state index contributed by atoms with van der Waals surface area (Å²) in [6, 6.07) is -4.69. The minimum absolute atomic E-state index is 0.0723. The Morgan fingerprint density at radius 3 is 2.44 bits per heavy atom. The zero-order valence-electron chi connectivity index (χ0n) is 27.0. The van der Waals surface area contributed by atoms with Gasteiger partial charge in [0.25, 0.3) is 6.08 Å². The van der Waals surface area contributed by atoms with Gasteiger partial charge in [-0.2, -0.15) is 22.0 Å². The van der Waals surface area contributed by atoms with Crippen LogP contribution < -0.4 is 26.6 Å². The molecule has 11 atom stereocenters. The molecule has 0 bridgehead atoms. The van der Waals surface area contributed by atoms with Crippen molar-refractivity contribution < 1.29 is 41.4 Å². The number of alkyl halides is 4. The normalized spacial score (nSPS) is 38.6. The predicted octanol–water partition coefficient (Wildman–Crippen LogP) is -0.0781. The number of hydrogen-bond acceptors (Lipinski definition) is 10. The molecular formula is C30H46ClF5N8O4.